The molecule has 0 bridgehead atoms. The fraction of sp³-hybridized carbons (Fsp3) is 0.263. The molecule has 0 fully saturated rings. The Balaban J connectivity index is 2.03. The first kappa shape index (κ1) is 21.2. The molecule has 0 atom stereocenters. The van der Waals surface area contributed by atoms with Crippen molar-refractivity contribution in [2.45, 2.75) is 20.3 Å². The molecule has 0 unspecified atom stereocenters. The lowest BCUT2D eigenvalue weighted by atomic mass is 10.3. The molecule has 0 aliphatic heterocycles. The molecule has 0 saturated carbocycles. The zero-order valence-corrected chi connectivity index (χ0v) is 16.3. The van der Waals surface area contributed by atoms with Gasteiger partial charge in [0.25, 0.3) is 5.91 Å². The van der Waals surface area contributed by atoms with E-state index in [9.17, 15) is 18.8 Å². The minimum Gasteiger partial charge on any atom is -0.452 e. The van der Waals surface area contributed by atoms with Crippen molar-refractivity contribution in [3.05, 3.63) is 47.2 Å². The maximum absolute atomic E-state index is 14.0. The lowest BCUT2D eigenvalue weighted by Gasteiger charge is -2.18. The van der Waals surface area contributed by atoms with Crippen LogP contribution in [0.3, 0.4) is 0 Å². The van der Waals surface area contributed by atoms with Crippen LogP contribution in [0.2, 0.25) is 0 Å². The maximum atomic E-state index is 14.0. The molecule has 1 aromatic heterocycles. The zero-order valence-electron chi connectivity index (χ0n) is 15.5. The number of hydrogen-bond acceptors (Lipinski definition) is 6. The first-order valence-electron chi connectivity index (χ1n) is 8.54. The van der Waals surface area contributed by atoms with E-state index in [2.05, 4.69) is 10.3 Å². The van der Waals surface area contributed by atoms with Crippen molar-refractivity contribution in [1.82, 2.24) is 10.3 Å². The summed E-state index contributed by atoms with van der Waals surface area (Å²) in [5.41, 5.74) is 0.493. The maximum Gasteiger partial charge on any atom is 0.331 e. The van der Waals surface area contributed by atoms with Crippen molar-refractivity contribution in [2.24, 2.45) is 0 Å². The Morgan fingerprint density at radius 1 is 1.32 bits per heavy atom. The number of nitrogens with one attached hydrogen (secondary N) is 1. The number of esters is 1. The van der Waals surface area contributed by atoms with Gasteiger partial charge < -0.3 is 10.1 Å². The highest BCUT2D eigenvalue weighted by molar-refractivity contribution is 7.14. The Bertz CT molecular complexity index is 882. The Morgan fingerprint density at radius 3 is 2.75 bits per heavy atom. The van der Waals surface area contributed by atoms with Gasteiger partial charge in [0, 0.05) is 24.9 Å². The second-order valence-electron chi connectivity index (χ2n) is 5.65. The van der Waals surface area contributed by atoms with Crippen molar-refractivity contribution in [1.29, 1.82) is 0 Å². The van der Waals surface area contributed by atoms with Gasteiger partial charge in [-0.1, -0.05) is 19.1 Å². The second kappa shape index (κ2) is 10.3. The molecule has 1 aromatic carbocycles. The van der Waals surface area contributed by atoms with Crippen LogP contribution in [0.15, 0.2) is 35.7 Å². The van der Waals surface area contributed by atoms with Gasteiger partial charge in [-0.05, 0) is 24.6 Å². The fourth-order valence-electron chi connectivity index (χ4n) is 2.15. The van der Waals surface area contributed by atoms with Crippen LogP contribution in [-0.2, 0) is 19.1 Å². The molecular weight excluding hydrogens is 385 g/mol. The molecule has 2 aromatic rings. The number of aromatic nitrogens is 1. The van der Waals surface area contributed by atoms with Gasteiger partial charge in [0.1, 0.15) is 5.82 Å². The van der Waals surface area contributed by atoms with E-state index in [0.717, 1.165) is 28.7 Å². The molecule has 9 heteroatoms. The van der Waals surface area contributed by atoms with Gasteiger partial charge in [-0.2, -0.15) is 0 Å². The fourth-order valence-corrected chi connectivity index (χ4v) is 3.00. The summed E-state index contributed by atoms with van der Waals surface area (Å²) in [6, 6.07) is 5.89. The van der Waals surface area contributed by atoms with Gasteiger partial charge in [-0.3, -0.25) is 14.5 Å². The summed E-state index contributed by atoms with van der Waals surface area (Å²) in [5, 5.41) is 4.47. The molecular formula is C19H20FN3O4S. The normalized spacial score (nSPS) is 10.7. The summed E-state index contributed by atoms with van der Waals surface area (Å²) >= 11 is 1.13. The summed E-state index contributed by atoms with van der Waals surface area (Å²) in [5.74, 6) is -2.01. The quantitative estimate of drug-likeness (QED) is 0.539. The molecule has 2 amide bonds. The van der Waals surface area contributed by atoms with Crippen LogP contribution in [0, 0.1) is 5.82 Å². The predicted molar refractivity (Wildman–Crippen MR) is 105 cm³/mol. The summed E-state index contributed by atoms with van der Waals surface area (Å²) in [4.78, 5) is 40.5. The number of anilines is 2. The van der Waals surface area contributed by atoms with Gasteiger partial charge in [0.15, 0.2) is 11.7 Å². The van der Waals surface area contributed by atoms with Crippen LogP contribution in [0.25, 0.3) is 6.08 Å². The number of carbonyl (C=O) groups is 3. The molecule has 2 rings (SSSR count). The van der Waals surface area contributed by atoms with Crippen molar-refractivity contribution in [3.8, 4) is 0 Å². The highest BCUT2D eigenvalue weighted by Crippen LogP contribution is 2.30. The lowest BCUT2D eigenvalue weighted by molar-refractivity contribution is -0.143. The topological polar surface area (TPSA) is 88.6 Å². The van der Waals surface area contributed by atoms with Crippen LogP contribution in [0.5, 0.6) is 0 Å². The third kappa shape index (κ3) is 5.98. The molecule has 1 N–H and O–H groups in total. The number of carbonyl (C=O) groups excluding carboxylic acids is 3. The SMILES string of the molecule is CCCNC(=O)COC(=O)/C=C/c1csc(N(C(C)=O)c2ccccc2F)n1. The van der Waals surface area contributed by atoms with Crippen molar-refractivity contribution in [3.63, 3.8) is 0 Å². The van der Waals surface area contributed by atoms with Crippen LogP contribution in [0.1, 0.15) is 26.0 Å². The van der Waals surface area contributed by atoms with Gasteiger partial charge in [-0.25, -0.2) is 14.2 Å². The molecule has 1 heterocycles. The van der Waals surface area contributed by atoms with Gasteiger partial charge in [0.2, 0.25) is 5.91 Å². The number of nitrogens with zero attached hydrogens (tertiary/aromatic N) is 2. The monoisotopic (exact) mass is 405 g/mol. The highest BCUT2D eigenvalue weighted by Gasteiger charge is 2.20. The average molecular weight is 405 g/mol. The Labute approximate surface area is 165 Å². The van der Waals surface area contributed by atoms with E-state index in [-0.39, 0.29) is 23.3 Å². The van der Waals surface area contributed by atoms with Gasteiger partial charge in [0.05, 0.1) is 11.4 Å². The number of para-hydroxylation sites is 1. The molecule has 7 nitrogen and oxygen atoms in total. The number of benzene rings is 1. The van der Waals surface area contributed by atoms with Crippen molar-refractivity contribution < 1.29 is 23.5 Å². The van der Waals surface area contributed by atoms with E-state index in [1.807, 2.05) is 6.92 Å². The van der Waals surface area contributed by atoms with E-state index in [1.165, 1.54) is 31.2 Å². The molecule has 148 valence electrons. The van der Waals surface area contributed by atoms with Gasteiger partial charge >= 0.3 is 5.97 Å². The second-order valence-corrected chi connectivity index (χ2v) is 6.49. The minimum absolute atomic E-state index is 0.0948. The first-order chi connectivity index (χ1) is 13.4. The van der Waals surface area contributed by atoms with E-state index in [4.69, 9.17) is 4.74 Å². The minimum atomic E-state index is -0.696. The standard InChI is InChI=1S/C19H20FN3O4S/c1-3-10-21-17(25)11-27-18(26)9-8-14-12-28-19(22-14)23(13(2)24)16-7-5-4-6-15(16)20/h4-9,12H,3,10-11H2,1-2H3,(H,21,25)/b9-8+. The Kier molecular flexibility index (Phi) is 7.82. The number of amides is 2. The summed E-state index contributed by atoms with van der Waals surface area (Å²) in [6.07, 6.45) is 3.31. The summed E-state index contributed by atoms with van der Waals surface area (Å²) < 4.78 is 18.9. The lowest BCUT2D eigenvalue weighted by Crippen LogP contribution is -2.28. The number of ether oxygens (including phenoxy) is 1. The highest BCUT2D eigenvalue weighted by atomic mass is 32.1. The third-order valence-corrected chi connectivity index (χ3v) is 4.26. The van der Waals surface area contributed by atoms with E-state index in [0.29, 0.717) is 12.2 Å². The Hall–Kier alpha value is -3.07. The largest absolute Gasteiger partial charge is 0.452 e. The van der Waals surface area contributed by atoms with Crippen LogP contribution >= 0.6 is 11.3 Å². The van der Waals surface area contributed by atoms with Crippen molar-refractivity contribution in [2.75, 3.05) is 18.1 Å². The van der Waals surface area contributed by atoms with Crippen molar-refractivity contribution >= 4 is 46.0 Å². The smallest absolute Gasteiger partial charge is 0.331 e. The van der Waals surface area contributed by atoms with Gasteiger partial charge in [-0.15, -0.1) is 11.3 Å². The molecule has 0 aliphatic rings. The van der Waals surface area contributed by atoms with Crippen LogP contribution in [0.4, 0.5) is 15.2 Å². The summed E-state index contributed by atoms with van der Waals surface area (Å²) in [6.45, 7) is 3.38. The molecule has 0 radical (unpaired) electrons. The number of halogens is 1. The van der Waals surface area contributed by atoms with Crippen LogP contribution in [-0.4, -0.2) is 35.9 Å². The molecule has 0 spiro atoms. The first-order valence-corrected chi connectivity index (χ1v) is 9.42. The molecule has 0 aliphatic carbocycles. The molecule has 0 saturated heterocycles. The van der Waals surface area contributed by atoms with E-state index < -0.39 is 17.7 Å². The van der Waals surface area contributed by atoms with E-state index >= 15 is 0 Å². The molecule has 28 heavy (non-hydrogen) atoms. The average Bonchev–Trinajstić information content (AvgIpc) is 3.13. The Morgan fingerprint density at radius 2 is 2.07 bits per heavy atom. The number of rotatable bonds is 8. The number of thiazole rings is 1. The van der Waals surface area contributed by atoms with Crippen LogP contribution < -0.4 is 10.2 Å². The number of hydrogen-bond donors (Lipinski definition) is 1. The predicted octanol–water partition coefficient (Wildman–Crippen LogP) is 3.05. The third-order valence-electron chi connectivity index (χ3n) is 3.42. The van der Waals surface area contributed by atoms with E-state index in [1.54, 1.807) is 11.4 Å². The summed E-state index contributed by atoms with van der Waals surface area (Å²) in [7, 11) is 0. The zero-order chi connectivity index (χ0) is 20.5.